The zero-order valence-corrected chi connectivity index (χ0v) is 6.81. The molecule has 1 heteroatoms. The van der Waals surface area contributed by atoms with Crippen molar-refractivity contribution in [3.63, 3.8) is 0 Å². The van der Waals surface area contributed by atoms with Crippen LogP contribution in [0.1, 0.15) is 26.2 Å². The van der Waals surface area contributed by atoms with Crippen molar-refractivity contribution >= 4 is 0 Å². The van der Waals surface area contributed by atoms with Crippen molar-refractivity contribution in [3.05, 3.63) is 35.7 Å². The monoisotopic (exact) mass is 152 g/mol. The van der Waals surface area contributed by atoms with Gasteiger partial charge in [-0.15, -0.1) is 0 Å². The second-order valence-electron chi connectivity index (χ2n) is 2.70. The molecule has 0 aromatic heterocycles. The first-order chi connectivity index (χ1) is 5.33. The number of rotatable bonds is 2. The van der Waals surface area contributed by atoms with Crippen LogP contribution in [0.5, 0.6) is 0 Å². The summed E-state index contributed by atoms with van der Waals surface area (Å²) >= 11 is 0. The van der Waals surface area contributed by atoms with Crippen molar-refractivity contribution in [3.8, 4) is 0 Å². The highest BCUT2D eigenvalue weighted by Crippen LogP contribution is 2.15. The molecule has 0 heterocycles. The molecule has 0 bridgehead atoms. The van der Waals surface area contributed by atoms with Gasteiger partial charge in [-0.25, -0.2) is 4.39 Å². The van der Waals surface area contributed by atoms with Gasteiger partial charge >= 0.3 is 0 Å². The molecule has 11 heavy (non-hydrogen) atoms. The molecule has 60 valence electrons. The van der Waals surface area contributed by atoms with Gasteiger partial charge in [0.2, 0.25) is 0 Å². The van der Waals surface area contributed by atoms with Crippen molar-refractivity contribution < 1.29 is 4.39 Å². The molecule has 1 aliphatic carbocycles. The Morgan fingerprint density at radius 1 is 1.55 bits per heavy atom. The summed E-state index contributed by atoms with van der Waals surface area (Å²) in [7, 11) is 0. The lowest BCUT2D eigenvalue weighted by Crippen LogP contribution is -1.76. The van der Waals surface area contributed by atoms with Crippen LogP contribution in [0.25, 0.3) is 0 Å². The zero-order valence-electron chi connectivity index (χ0n) is 6.81. The molecule has 1 rings (SSSR count). The van der Waals surface area contributed by atoms with Gasteiger partial charge in [0.1, 0.15) is 5.83 Å². The molecule has 0 N–H and O–H groups in total. The number of hydrogen-bond donors (Lipinski definition) is 0. The van der Waals surface area contributed by atoms with Crippen LogP contribution in [0, 0.1) is 0 Å². The molecule has 0 saturated carbocycles. The van der Waals surface area contributed by atoms with Gasteiger partial charge in [0.25, 0.3) is 0 Å². The molecule has 0 atom stereocenters. The van der Waals surface area contributed by atoms with E-state index in [0.717, 1.165) is 24.8 Å². The maximum Gasteiger partial charge on any atom is 0.119 e. The highest BCUT2D eigenvalue weighted by Gasteiger charge is 1.96. The Bertz CT molecular complexity index is 209. The van der Waals surface area contributed by atoms with Crippen LogP contribution in [0.3, 0.4) is 0 Å². The van der Waals surface area contributed by atoms with Crippen LogP contribution >= 0.6 is 0 Å². The van der Waals surface area contributed by atoms with E-state index in [1.54, 1.807) is 12.2 Å². The molecule has 1 aliphatic rings. The first-order valence-electron chi connectivity index (χ1n) is 4.05. The fourth-order valence-electron chi connectivity index (χ4n) is 1.13. The summed E-state index contributed by atoms with van der Waals surface area (Å²) in [5.41, 5.74) is 1.10. The zero-order chi connectivity index (χ0) is 8.10. The van der Waals surface area contributed by atoms with Gasteiger partial charge in [-0.05, 0) is 30.6 Å². The predicted molar refractivity (Wildman–Crippen MR) is 45.9 cm³/mol. The average molecular weight is 152 g/mol. The predicted octanol–water partition coefficient (Wildman–Crippen LogP) is 3.53. The summed E-state index contributed by atoms with van der Waals surface area (Å²) in [5.74, 6) is -0.0987. The number of hydrogen-bond acceptors (Lipinski definition) is 0. The molecule has 0 fully saturated rings. The van der Waals surface area contributed by atoms with Gasteiger partial charge in [-0.2, -0.15) is 0 Å². The van der Waals surface area contributed by atoms with E-state index in [2.05, 4.69) is 6.92 Å². The van der Waals surface area contributed by atoms with Gasteiger partial charge in [-0.1, -0.05) is 25.5 Å². The Morgan fingerprint density at radius 2 is 2.36 bits per heavy atom. The van der Waals surface area contributed by atoms with E-state index in [-0.39, 0.29) is 5.83 Å². The van der Waals surface area contributed by atoms with E-state index in [9.17, 15) is 4.39 Å². The lowest BCUT2D eigenvalue weighted by Gasteiger charge is -1.95. The van der Waals surface area contributed by atoms with Crippen LogP contribution in [0.4, 0.5) is 4.39 Å². The molecule has 0 unspecified atom stereocenters. The first kappa shape index (κ1) is 8.25. The highest BCUT2D eigenvalue weighted by molar-refractivity contribution is 5.30. The van der Waals surface area contributed by atoms with E-state index in [4.69, 9.17) is 0 Å². The SMILES string of the molecule is CCCC1=CC(F)=CCC=C1. The van der Waals surface area contributed by atoms with Gasteiger partial charge in [-0.3, -0.25) is 0 Å². The maximum atomic E-state index is 12.8. The molecule has 0 spiro atoms. The minimum Gasteiger partial charge on any atom is -0.207 e. The van der Waals surface area contributed by atoms with Crippen LogP contribution in [0.15, 0.2) is 35.7 Å². The minimum absolute atomic E-state index is 0.0987. The van der Waals surface area contributed by atoms with E-state index in [1.807, 2.05) is 12.2 Å². The van der Waals surface area contributed by atoms with Crippen LogP contribution in [-0.4, -0.2) is 0 Å². The minimum atomic E-state index is -0.0987. The van der Waals surface area contributed by atoms with Crippen molar-refractivity contribution in [2.75, 3.05) is 0 Å². The Balaban J connectivity index is 2.68. The summed E-state index contributed by atoms with van der Waals surface area (Å²) < 4.78 is 12.8. The Labute approximate surface area is 67.1 Å². The summed E-state index contributed by atoms with van der Waals surface area (Å²) in [6, 6.07) is 0. The van der Waals surface area contributed by atoms with Crippen LogP contribution < -0.4 is 0 Å². The quantitative estimate of drug-likeness (QED) is 0.567. The molecular formula is C10H13F. The van der Waals surface area contributed by atoms with E-state index < -0.39 is 0 Å². The van der Waals surface area contributed by atoms with Crippen LogP contribution in [0.2, 0.25) is 0 Å². The molecule has 0 aromatic carbocycles. The van der Waals surface area contributed by atoms with Crippen molar-refractivity contribution in [2.45, 2.75) is 26.2 Å². The lowest BCUT2D eigenvalue weighted by molar-refractivity contribution is 0.661. The third-order valence-electron chi connectivity index (χ3n) is 1.64. The number of allylic oxidation sites excluding steroid dienone is 6. The molecule has 0 radical (unpaired) electrons. The molecule has 0 aromatic rings. The normalized spacial score (nSPS) is 17.3. The Hall–Kier alpha value is -0.850. The standard InChI is InChI=1S/C10H13F/c1-2-5-9-6-3-4-7-10(11)8-9/h3,6-8H,2,4-5H2,1H3. The van der Waals surface area contributed by atoms with Crippen molar-refractivity contribution in [1.29, 1.82) is 0 Å². The summed E-state index contributed by atoms with van der Waals surface area (Å²) in [6.45, 7) is 2.10. The van der Waals surface area contributed by atoms with Gasteiger partial charge in [0.15, 0.2) is 0 Å². The van der Waals surface area contributed by atoms with E-state index >= 15 is 0 Å². The smallest absolute Gasteiger partial charge is 0.119 e. The summed E-state index contributed by atoms with van der Waals surface area (Å²) in [6.07, 6.45) is 9.98. The average Bonchev–Trinajstić information content (AvgIpc) is 2.15. The van der Waals surface area contributed by atoms with Crippen molar-refractivity contribution in [2.24, 2.45) is 0 Å². The molecular weight excluding hydrogens is 139 g/mol. The van der Waals surface area contributed by atoms with Crippen molar-refractivity contribution in [1.82, 2.24) is 0 Å². The highest BCUT2D eigenvalue weighted by atomic mass is 19.1. The second-order valence-corrected chi connectivity index (χ2v) is 2.70. The Morgan fingerprint density at radius 3 is 3.09 bits per heavy atom. The van der Waals surface area contributed by atoms with Crippen LogP contribution in [-0.2, 0) is 0 Å². The Kier molecular flexibility index (Phi) is 3.09. The summed E-state index contributed by atoms with van der Waals surface area (Å²) in [5, 5.41) is 0. The van der Waals surface area contributed by atoms with Gasteiger partial charge in [0.05, 0.1) is 0 Å². The molecule has 0 aliphatic heterocycles. The molecule has 0 saturated heterocycles. The third kappa shape index (κ3) is 2.71. The largest absolute Gasteiger partial charge is 0.207 e. The third-order valence-corrected chi connectivity index (χ3v) is 1.64. The second kappa shape index (κ2) is 4.12. The molecule has 0 nitrogen and oxygen atoms in total. The first-order valence-corrected chi connectivity index (χ1v) is 4.05. The number of halogens is 1. The molecule has 0 amide bonds. The fraction of sp³-hybridized carbons (Fsp3) is 0.400. The summed E-state index contributed by atoms with van der Waals surface area (Å²) in [4.78, 5) is 0. The maximum absolute atomic E-state index is 12.8. The van der Waals surface area contributed by atoms with E-state index in [1.165, 1.54) is 0 Å². The fourth-order valence-corrected chi connectivity index (χ4v) is 1.13. The van der Waals surface area contributed by atoms with Gasteiger partial charge in [0, 0.05) is 0 Å². The van der Waals surface area contributed by atoms with Gasteiger partial charge < -0.3 is 0 Å². The lowest BCUT2D eigenvalue weighted by atomic mass is 10.1. The van der Waals surface area contributed by atoms with E-state index in [0.29, 0.717) is 0 Å². The topological polar surface area (TPSA) is 0 Å².